The average Bonchev–Trinajstić information content (AvgIpc) is 2.76. The van der Waals surface area contributed by atoms with Gasteiger partial charge in [-0.1, -0.05) is 26.0 Å². The Hall–Kier alpha value is -2.21. The van der Waals surface area contributed by atoms with Crippen molar-refractivity contribution in [3.8, 4) is 11.5 Å². The maximum absolute atomic E-state index is 12.9. The highest BCUT2D eigenvalue weighted by Crippen LogP contribution is 2.31. The van der Waals surface area contributed by atoms with Crippen LogP contribution >= 0.6 is 24.0 Å². The van der Waals surface area contributed by atoms with Gasteiger partial charge in [-0.25, -0.2) is 0 Å². The molecule has 0 radical (unpaired) electrons. The number of methoxy groups -OCH3 is 2. The Morgan fingerprint density at radius 2 is 1.62 bits per heavy atom. The van der Waals surface area contributed by atoms with Crippen molar-refractivity contribution in [2.45, 2.75) is 26.1 Å². The average molecular weight is 566 g/mol. The van der Waals surface area contributed by atoms with Gasteiger partial charge < -0.3 is 20.5 Å². The number of aliphatic imine (C=N–C) groups is 1. The highest BCUT2D eigenvalue weighted by atomic mass is 127. The van der Waals surface area contributed by atoms with Crippen LogP contribution < -0.4 is 20.5 Å². The van der Waals surface area contributed by atoms with Gasteiger partial charge in [-0.05, 0) is 42.9 Å². The molecule has 0 aliphatic rings. The molecule has 1 unspecified atom stereocenters. The number of benzene rings is 2. The third-order valence-corrected chi connectivity index (χ3v) is 4.97. The molecule has 0 saturated carbocycles. The van der Waals surface area contributed by atoms with Gasteiger partial charge >= 0.3 is 6.18 Å². The van der Waals surface area contributed by atoms with Crippen molar-refractivity contribution in [2.75, 3.05) is 39.2 Å². The molecule has 0 fully saturated rings. The normalized spacial score (nSPS) is 12.8. The first kappa shape index (κ1) is 27.8. The largest absolute Gasteiger partial charge is 0.493 e. The predicted molar refractivity (Wildman–Crippen MR) is 132 cm³/mol. The Labute approximate surface area is 204 Å². The number of nitrogens with two attached hydrogens (primary N) is 1. The maximum Gasteiger partial charge on any atom is 0.416 e. The SMILES string of the molecule is CCN(CC)C(CN=C(N)Nc1ccc(OC)c(OC)c1)c1ccc(C(F)(F)F)cc1.I. The summed E-state index contributed by atoms with van der Waals surface area (Å²) in [7, 11) is 3.09. The molecule has 178 valence electrons. The lowest BCUT2D eigenvalue weighted by Gasteiger charge is -2.29. The maximum atomic E-state index is 12.9. The van der Waals surface area contributed by atoms with Crippen LogP contribution in [0.5, 0.6) is 11.5 Å². The number of likely N-dealkylation sites (N-methyl/N-ethyl adjacent to an activating group) is 1. The standard InChI is InChI=1S/C22H29F3N4O2.HI/c1-5-29(6-2)18(15-7-9-16(10-8-15)22(23,24)25)14-27-21(26)28-17-11-12-19(30-3)20(13-17)31-4;/h7-13,18H,5-6,14H2,1-4H3,(H3,26,27,28);1H. The quantitative estimate of drug-likeness (QED) is 0.250. The summed E-state index contributed by atoms with van der Waals surface area (Å²) in [5.41, 5.74) is 6.81. The second kappa shape index (κ2) is 12.7. The van der Waals surface area contributed by atoms with E-state index in [0.717, 1.165) is 30.8 Å². The molecule has 10 heteroatoms. The van der Waals surface area contributed by atoms with E-state index in [1.54, 1.807) is 25.3 Å². The lowest BCUT2D eigenvalue weighted by atomic mass is 10.0. The van der Waals surface area contributed by atoms with Crippen molar-refractivity contribution in [3.05, 3.63) is 53.6 Å². The topological polar surface area (TPSA) is 72.1 Å². The molecular weight excluding hydrogens is 536 g/mol. The van der Waals surface area contributed by atoms with Crippen molar-refractivity contribution in [3.63, 3.8) is 0 Å². The van der Waals surface area contributed by atoms with Gasteiger partial charge in [0.05, 0.1) is 32.4 Å². The number of rotatable bonds is 9. The zero-order valence-corrected chi connectivity index (χ0v) is 20.9. The van der Waals surface area contributed by atoms with Crippen molar-refractivity contribution in [2.24, 2.45) is 10.7 Å². The van der Waals surface area contributed by atoms with Gasteiger partial charge in [0.25, 0.3) is 0 Å². The number of hydrogen-bond donors (Lipinski definition) is 2. The Balaban J connectivity index is 0.00000512. The Morgan fingerprint density at radius 3 is 2.12 bits per heavy atom. The van der Waals surface area contributed by atoms with Gasteiger partial charge in [-0.3, -0.25) is 9.89 Å². The minimum Gasteiger partial charge on any atom is -0.493 e. The van der Waals surface area contributed by atoms with E-state index in [1.165, 1.54) is 19.2 Å². The lowest BCUT2D eigenvalue weighted by molar-refractivity contribution is -0.137. The van der Waals surface area contributed by atoms with E-state index in [9.17, 15) is 13.2 Å². The predicted octanol–water partition coefficient (Wildman–Crippen LogP) is 5.15. The molecule has 0 bridgehead atoms. The van der Waals surface area contributed by atoms with Crippen LogP contribution in [0.3, 0.4) is 0 Å². The number of ether oxygens (including phenoxy) is 2. The van der Waals surface area contributed by atoms with Crippen molar-refractivity contribution in [1.29, 1.82) is 0 Å². The molecular formula is C22H30F3IN4O2. The van der Waals surface area contributed by atoms with E-state index in [1.807, 2.05) is 13.8 Å². The van der Waals surface area contributed by atoms with E-state index >= 15 is 0 Å². The summed E-state index contributed by atoms with van der Waals surface area (Å²) in [5, 5.41) is 3.00. The number of halogens is 4. The van der Waals surface area contributed by atoms with E-state index < -0.39 is 11.7 Å². The molecule has 32 heavy (non-hydrogen) atoms. The van der Waals surface area contributed by atoms with Gasteiger partial charge in [-0.15, -0.1) is 24.0 Å². The molecule has 0 spiro atoms. The van der Waals surface area contributed by atoms with E-state index in [0.29, 0.717) is 23.7 Å². The number of hydrogen-bond acceptors (Lipinski definition) is 4. The molecule has 2 rings (SSSR count). The van der Waals surface area contributed by atoms with Crippen LogP contribution in [0.15, 0.2) is 47.5 Å². The zero-order chi connectivity index (χ0) is 23.0. The number of guanidine groups is 1. The Kier molecular flexibility index (Phi) is 11.1. The van der Waals surface area contributed by atoms with E-state index in [4.69, 9.17) is 15.2 Å². The van der Waals surface area contributed by atoms with Crippen LogP contribution in [0.25, 0.3) is 0 Å². The van der Waals surface area contributed by atoms with Gasteiger partial charge in [0, 0.05) is 11.8 Å². The molecule has 3 N–H and O–H groups in total. The third kappa shape index (κ3) is 7.44. The first-order valence-electron chi connectivity index (χ1n) is 9.93. The first-order valence-corrected chi connectivity index (χ1v) is 9.93. The van der Waals surface area contributed by atoms with Crippen LogP contribution in [0.4, 0.5) is 18.9 Å². The molecule has 2 aromatic carbocycles. The number of anilines is 1. The molecule has 0 heterocycles. The Morgan fingerprint density at radius 1 is 1.03 bits per heavy atom. The van der Waals surface area contributed by atoms with Gasteiger partial charge in [0.2, 0.25) is 0 Å². The molecule has 1 atom stereocenters. The van der Waals surface area contributed by atoms with E-state index in [2.05, 4.69) is 15.2 Å². The number of nitrogens with one attached hydrogen (secondary N) is 1. The summed E-state index contributed by atoms with van der Waals surface area (Å²) in [6.07, 6.45) is -4.37. The van der Waals surface area contributed by atoms with Gasteiger partial charge in [0.15, 0.2) is 17.5 Å². The molecule has 0 aliphatic heterocycles. The Bertz CT molecular complexity index is 872. The minimum atomic E-state index is -4.37. The van der Waals surface area contributed by atoms with Crippen LogP contribution in [-0.2, 0) is 6.18 Å². The van der Waals surface area contributed by atoms with Crippen LogP contribution in [-0.4, -0.2) is 44.7 Å². The van der Waals surface area contributed by atoms with Crippen LogP contribution in [0, 0.1) is 0 Å². The second-order valence-corrected chi connectivity index (χ2v) is 6.78. The third-order valence-electron chi connectivity index (χ3n) is 4.97. The summed E-state index contributed by atoms with van der Waals surface area (Å²) in [5.74, 6) is 1.33. The van der Waals surface area contributed by atoms with Crippen LogP contribution in [0.2, 0.25) is 0 Å². The van der Waals surface area contributed by atoms with Crippen LogP contribution in [0.1, 0.15) is 31.0 Å². The van der Waals surface area contributed by atoms with Crippen molar-refractivity contribution < 1.29 is 22.6 Å². The monoisotopic (exact) mass is 566 g/mol. The zero-order valence-electron chi connectivity index (χ0n) is 18.6. The summed E-state index contributed by atoms with van der Waals surface area (Å²) >= 11 is 0. The lowest BCUT2D eigenvalue weighted by Crippen LogP contribution is -2.32. The molecule has 0 amide bonds. The smallest absolute Gasteiger partial charge is 0.416 e. The summed E-state index contributed by atoms with van der Waals surface area (Å²) in [6, 6.07) is 10.2. The molecule has 0 saturated heterocycles. The van der Waals surface area contributed by atoms with Crippen molar-refractivity contribution >= 4 is 35.6 Å². The van der Waals surface area contributed by atoms with E-state index in [-0.39, 0.29) is 36.0 Å². The summed E-state index contributed by atoms with van der Waals surface area (Å²) in [4.78, 5) is 6.55. The molecule has 0 aliphatic carbocycles. The highest BCUT2D eigenvalue weighted by Gasteiger charge is 2.30. The molecule has 2 aromatic rings. The summed E-state index contributed by atoms with van der Waals surface area (Å²) < 4.78 is 49.2. The van der Waals surface area contributed by atoms with Gasteiger partial charge in [-0.2, -0.15) is 13.2 Å². The fourth-order valence-corrected chi connectivity index (χ4v) is 3.28. The van der Waals surface area contributed by atoms with Gasteiger partial charge in [0.1, 0.15) is 0 Å². The first-order chi connectivity index (χ1) is 14.7. The number of nitrogens with zero attached hydrogens (tertiary/aromatic N) is 2. The second-order valence-electron chi connectivity index (χ2n) is 6.78. The highest BCUT2D eigenvalue weighted by molar-refractivity contribution is 14.0. The fourth-order valence-electron chi connectivity index (χ4n) is 3.28. The molecule has 6 nitrogen and oxygen atoms in total. The van der Waals surface area contributed by atoms with Crippen molar-refractivity contribution in [1.82, 2.24) is 4.90 Å². The minimum absolute atomic E-state index is 0. The number of alkyl halides is 3. The fraction of sp³-hybridized carbons (Fsp3) is 0.409. The molecule has 0 aromatic heterocycles. The summed E-state index contributed by atoms with van der Waals surface area (Å²) in [6.45, 7) is 5.73.